The summed E-state index contributed by atoms with van der Waals surface area (Å²) in [6.07, 6.45) is 7.09. The first-order chi connectivity index (χ1) is 14.7. The van der Waals surface area contributed by atoms with Crippen molar-refractivity contribution in [3.8, 4) is 0 Å². The SMILES string of the molecule is CCNC(=NCc1ccc(N2CCC(C)CC2)nc1)N1CCOC(C2CCCO2)C1.I. The topological polar surface area (TPSA) is 62.2 Å². The van der Waals surface area contributed by atoms with Gasteiger partial charge in [-0.25, -0.2) is 9.98 Å². The molecule has 0 aromatic carbocycles. The molecule has 2 atom stereocenters. The quantitative estimate of drug-likeness (QED) is 0.350. The number of halogens is 1. The first kappa shape index (κ1) is 24.5. The van der Waals surface area contributed by atoms with Crippen LogP contribution in [0.2, 0.25) is 0 Å². The zero-order chi connectivity index (χ0) is 20.8. The average molecular weight is 543 g/mol. The van der Waals surface area contributed by atoms with E-state index in [0.717, 1.165) is 82.0 Å². The molecule has 0 amide bonds. The van der Waals surface area contributed by atoms with Gasteiger partial charge >= 0.3 is 0 Å². The summed E-state index contributed by atoms with van der Waals surface area (Å²) in [6.45, 7) is 11.4. The van der Waals surface area contributed by atoms with Crippen LogP contribution >= 0.6 is 24.0 Å². The van der Waals surface area contributed by atoms with Crippen molar-refractivity contribution in [2.45, 2.75) is 58.3 Å². The summed E-state index contributed by atoms with van der Waals surface area (Å²) in [6, 6.07) is 4.32. The van der Waals surface area contributed by atoms with Gasteiger partial charge in [0.1, 0.15) is 11.9 Å². The van der Waals surface area contributed by atoms with Crippen LogP contribution in [0, 0.1) is 5.92 Å². The van der Waals surface area contributed by atoms with E-state index in [2.05, 4.69) is 41.1 Å². The Balaban J connectivity index is 0.00000272. The lowest BCUT2D eigenvalue weighted by atomic mass is 9.99. The predicted octanol–water partition coefficient (Wildman–Crippen LogP) is 3.28. The number of piperidine rings is 1. The Labute approximate surface area is 204 Å². The molecule has 3 aliphatic heterocycles. The number of morpholine rings is 1. The van der Waals surface area contributed by atoms with Gasteiger partial charge in [-0.3, -0.25) is 0 Å². The fourth-order valence-electron chi connectivity index (χ4n) is 4.52. The van der Waals surface area contributed by atoms with Crippen LogP contribution in [0.3, 0.4) is 0 Å². The molecular formula is C23H38IN5O2. The molecule has 0 bridgehead atoms. The zero-order valence-corrected chi connectivity index (χ0v) is 21.3. The standard InChI is InChI=1S/C23H37N5O2.HI/c1-3-24-23(28-12-14-30-21(17-28)20-5-4-13-29-20)26-16-19-6-7-22(25-15-19)27-10-8-18(2)9-11-27;/h6-7,15,18,20-21H,3-5,8-14,16-17H2,1-2H3,(H,24,26);1H. The summed E-state index contributed by atoms with van der Waals surface area (Å²) in [4.78, 5) is 14.3. The summed E-state index contributed by atoms with van der Waals surface area (Å²) >= 11 is 0. The maximum absolute atomic E-state index is 6.00. The number of ether oxygens (including phenoxy) is 2. The Bertz CT molecular complexity index is 688. The van der Waals surface area contributed by atoms with Crippen LogP contribution in [0.5, 0.6) is 0 Å². The van der Waals surface area contributed by atoms with Gasteiger partial charge in [-0.1, -0.05) is 13.0 Å². The molecule has 31 heavy (non-hydrogen) atoms. The molecule has 0 radical (unpaired) electrons. The van der Waals surface area contributed by atoms with E-state index in [-0.39, 0.29) is 36.2 Å². The highest BCUT2D eigenvalue weighted by atomic mass is 127. The third-order valence-corrected chi connectivity index (χ3v) is 6.44. The molecule has 0 aliphatic carbocycles. The number of pyridine rings is 1. The van der Waals surface area contributed by atoms with Gasteiger partial charge in [-0.15, -0.1) is 24.0 Å². The van der Waals surface area contributed by atoms with E-state index < -0.39 is 0 Å². The number of nitrogens with zero attached hydrogens (tertiary/aromatic N) is 4. The Morgan fingerprint density at radius 1 is 1.13 bits per heavy atom. The Kier molecular flexibility index (Phi) is 9.65. The molecular weight excluding hydrogens is 505 g/mol. The molecule has 1 aromatic rings. The van der Waals surface area contributed by atoms with E-state index in [4.69, 9.17) is 19.5 Å². The van der Waals surface area contributed by atoms with Crippen LogP contribution in [0.15, 0.2) is 23.3 Å². The summed E-state index contributed by atoms with van der Waals surface area (Å²) in [5.74, 6) is 2.88. The molecule has 0 spiro atoms. The molecule has 8 heteroatoms. The molecule has 3 aliphatic rings. The highest BCUT2D eigenvalue weighted by molar-refractivity contribution is 14.0. The summed E-state index contributed by atoms with van der Waals surface area (Å²) < 4.78 is 11.8. The Hall–Kier alpha value is -1.13. The Morgan fingerprint density at radius 3 is 2.61 bits per heavy atom. The first-order valence-electron chi connectivity index (χ1n) is 11.7. The summed E-state index contributed by atoms with van der Waals surface area (Å²) in [5, 5.41) is 3.45. The normalized spacial score (nSPS) is 25.4. The highest BCUT2D eigenvalue weighted by Crippen LogP contribution is 2.22. The number of guanidine groups is 1. The number of anilines is 1. The third kappa shape index (κ3) is 6.68. The number of rotatable bonds is 5. The Morgan fingerprint density at radius 2 is 1.94 bits per heavy atom. The second-order valence-corrected chi connectivity index (χ2v) is 8.77. The average Bonchev–Trinajstić information content (AvgIpc) is 3.33. The fourth-order valence-corrected chi connectivity index (χ4v) is 4.52. The van der Waals surface area contributed by atoms with Crippen LogP contribution in [-0.2, 0) is 16.0 Å². The molecule has 1 aromatic heterocycles. The smallest absolute Gasteiger partial charge is 0.194 e. The lowest BCUT2D eigenvalue weighted by molar-refractivity contribution is -0.0817. The van der Waals surface area contributed by atoms with Crippen LogP contribution in [-0.4, -0.2) is 74.0 Å². The second kappa shape index (κ2) is 12.2. The van der Waals surface area contributed by atoms with Gasteiger partial charge in [-0.2, -0.15) is 0 Å². The maximum Gasteiger partial charge on any atom is 0.194 e. The zero-order valence-electron chi connectivity index (χ0n) is 19.0. The molecule has 4 rings (SSSR count). The van der Waals surface area contributed by atoms with Crippen LogP contribution < -0.4 is 10.2 Å². The number of aliphatic imine (C=N–C) groups is 1. The van der Waals surface area contributed by atoms with Gasteiger partial charge < -0.3 is 24.6 Å². The maximum atomic E-state index is 6.00. The molecule has 0 saturated carbocycles. The van der Waals surface area contributed by atoms with E-state index in [1.165, 1.54) is 12.8 Å². The van der Waals surface area contributed by atoms with E-state index in [1.807, 2.05) is 6.20 Å². The van der Waals surface area contributed by atoms with Crippen molar-refractivity contribution in [3.05, 3.63) is 23.9 Å². The van der Waals surface area contributed by atoms with Gasteiger partial charge in [0, 0.05) is 45.5 Å². The predicted molar refractivity (Wildman–Crippen MR) is 135 cm³/mol. The number of nitrogens with one attached hydrogen (secondary N) is 1. The van der Waals surface area contributed by atoms with Crippen molar-refractivity contribution >= 4 is 35.8 Å². The van der Waals surface area contributed by atoms with Crippen molar-refractivity contribution < 1.29 is 9.47 Å². The van der Waals surface area contributed by atoms with Gasteiger partial charge in [0.15, 0.2) is 5.96 Å². The van der Waals surface area contributed by atoms with Crippen LogP contribution in [0.25, 0.3) is 0 Å². The lowest BCUT2D eigenvalue weighted by Gasteiger charge is -2.37. The van der Waals surface area contributed by atoms with Crippen molar-refractivity contribution in [1.29, 1.82) is 0 Å². The minimum absolute atomic E-state index is 0. The molecule has 3 saturated heterocycles. The monoisotopic (exact) mass is 543 g/mol. The summed E-state index contributed by atoms with van der Waals surface area (Å²) in [5.41, 5.74) is 1.14. The molecule has 7 nitrogen and oxygen atoms in total. The van der Waals surface area contributed by atoms with Gasteiger partial charge in [0.05, 0.1) is 19.3 Å². The molecule has 4 heterocycles. The minimum Gasteiger partial charge on any atom is -0.375 e. The van der Waals surface area contributed by atoms with Gasteiger partial charge in [-0.05, 0) is 50.2 Å². The van der Waals surface area contributed by atoms with Crippen LogP contribution in [0.1, 0.15) is 45.1 Å². The first-order valence-corrected chi connectivity index (χ1v) is 11.7. The van der Waals surface area contributed by atoms with Crippen molar-refractivity contribution in [1.82, 2.24) is 15.2 Å². The molecule has 1 N–H and O–H groups in total. The van der Waals surface area contributed by atoms with E-state index in [0.29, 0.717) is 6.54 Å². The lowest BCUT2D eigenvalue weighted by Crippen LogP contribution is -2.53. The van der Waals surface area contributed by atoms with E-state index in [1.54, 1.807) is 0 Å². The number of aromatic nitrogens is 1. The van der Waals surface area contributed by atoms with Crippen molar-refractivity contribution in [2.75, 3.05) is 50.8 Å². The summed E-state index contributed by atoms with van der Waals surface area (Å²) in [7, 11) is 0. The largest absolute Gasteiger partial charge is 0.375 e. The molecule has 2 unspecified atom stereocenters. The van der Waals surface area contributed by atoms with Crippen molar-refractivity contribution in [3.63, 3.8) is 0 Å². The molecule has 174 valence electrons. The van der Waals surface area contributed by atoms with Gasteiger partial charge in [0.25, 0.3) is 0 Å². The van der Waals surface area contributed by atoms with Crippen LogP contribution in [0.4, 0.5) is 5.82 Å². The highest BCUT2D eigenvalue weighted by Gasteiger charge is 2.32. The van der Waals surface area contributed by atoms with Crippen molar-refractivity contribution in [2.24, 2.45) is 10.9 Å². The molecule has 3 fully saturated rings. The fraction of sp³-hybridized carbons (Fsp3) is 0.739. The van der Waals surface area contributed by atoms with E-state index >= 15 is 0 Å². The van der Waals surface area contributed by atoms with Gasteiger partial charge in [0.2, 0.25) is 0 Å². The third-order valence-electron chi connectivity index (χ3n) is 6.44. The second-order valence-electron chi connectivity index (χ2n) is 8.77. The number of hydrogen-bond donors (Lipinski definition) is 1. The minimum atomic E-state index is 0. The number of hydrogen-bond acceptors (Lipinski definition) is 5. The van der Waals surface area contributed by atoms with E-state index in [9.17, 15) is 0 Å².